The number of aromatic nitrogens is 2. The van der Waals surface area contributed by atoms with Crippen LogP contribution in [0.3, 0.4) is 0 Å². The van der Waals surface area contributed by atoms with E-state index < -0.39 is 0 Å². The molecular formula is C10H16ClN3OS. The lowest BCUT2D eigenvalue weighted by atomic mass is 10.2. The van der Waals surface area contributed by atoms with Gasteiger partial charge in [0.25, 0.3) is 5.91 Å². The molecule has 1 aromatic heterocycles. The summed E-state index contributed by atoms with van der Waals surface area (Å²) in [5.41, 5.74) is 0.770. The fourth-order valence-corrected chi connectivity index (χ4v) is 2.16. The van der Waals surface area contributed by atoms with Crippen molar-refractivity contribution in [3.8, 4) is 0 Å². The van der Waals surface area contributed by atoms with Gasteiger partial charge in [-0.15, -0.1) is 16.7 Å². The van der Waals surface area contributed by atoms with E-state index in [0.29, 0.717) is 10.8 Å². The van der Waals surface area contributed by atoms with E-state index in [9.17, 15) is 4.79 Å². The van der Waals surface area contributed by atoms with Crippen LogP contribution in [-0.2, 0) is 6.42 Å². The molecule has 4 nitrogen and oxygen atoms in total. The quantitative estimate of drug-likeness (QED) is 0.799. The molecule has 90 valence electrons. The lowest BCUT2D eigenvalue weighted by Gasteiger charge is -2.12. The van der Waals surface area contributed by atoms with Gasteiger partial charge in [0.05, 0.1) is 5.69 Å². The number of hydrogen-bond acceptors (Lipinski definition) is 4. The molecule has 6 heteroatoms. The van der Waals surface area contributed by atoms with Gasteiger partial charge in [-0.3, -0.25) is 4.79 Å². The summed E-state index contributed by atoms with van der Waals surface area (Å²) in [6, 6.07) is 0.137. The van der Waals surface area contributed by atoms with E-state index in [-0.39, 0.29) is 11.9 Å². The molecular weight excluding hydrogens is 246 g/mol. The molecule has 0 aromatic carbocycles. The molecule has 0 radical (unpaired) electrons. The van der Waals surface area contributed by atoms with Crippen molar-refractivity contribution in [1.82, 2.24) is 14.9 Å². The average Bonchev–Trinajstić information content (AvgIpc) is 2.74. The molecule has 1 rings (SSSR count). The Kier molecular flexibility index (Phi) is 5.69. The van der Waals surface area contributed by atoms with E-state index in [1.165, 1.54) is 0 Å². The van der Waals surface area contributed by atoms with Crippen molar-refractivity contribution in [3.05, 3.63) is 10.6 Å². The number of aryl methyl sites for hydroxylation is 1. The Morgan fingerprint density at radius 3 is 3.00 bits per heavy atom. The molecule has 1 N–H and O–H groups in total. The van der Waals surface area contributed by atoms with Crippen LogP contribution in [-0.4, -0.2) is 27.4 Å². The SMILES string of the molecule is CCc1nnsc1C(=O)NC(C)CCCCl. The number of nitrogens with one attached hydrogen (secondary N) is 1. The maximum atomic E-state index is 11.8. The van der Waals surface area contributed by atoms with Gasteiger partial charge in [-0.2, -0.15) is 0 Å². The predicted octanol–water partition coefficient (Wildman–Crippen LogP) is 2.24. The largest absolute Gasteiger partial charge is 0.349 e. The van der Waals surface area contributed by atoms with Gasteiger partial charge in [0.2, 0.25) is 0 Å². The smallest absolute Gasteiger partial charge is 0.265 e. The summed E-state index contributed by atoms with van der Waals surface area (Å²) in [5.74, 6) is 0.552. The van der Waals surface area contributed by atoms with Crippen LogP contribution in [0, 0.1) is 0 Å². The lowest BCUT2D eigenvalue weighted by Crippen LogP contribution is -2.32. The first-order valence-corrected chi connectivity index (χ1v) is 6.67. The number of halogens is 1. The topological polar surface area (TPSA) is 54.9 Å². The minimum absolute atomic E-state index is 0.0751. The molecule has 0 bridgehead atoms. The van der Waals surface area contributed by atoms with Crippen molar-refractivity contribution in [2.75, 3.05) is 5.88 Å². The lowest BCUT2D eigenvalue weighted by molar-refractivity contribution is 0.0941. The Hall–Kier alpha value is -0.680. The standard InChI is InChI=1S/C10H16ClN3OS/c1-3-8-9(16-14-13-8)10(15)12-7(2)5-4-6-11/h7H,3-6H2,1-2H3,(H,12,15). The van der Waals surface area contributed by atoms with Gasteiger partial charge in [0.1, 0.15) is 4.88 Å². The maximum absolute atomic E-state index is 11.8. The van der Waals surface area contributed by atoms with Crippen molar-refractivity contribution in [2.45, 2.75) is 39.2 Å². The second-order valence-electron chi connectivity index (χ2n) is 3.61. The van der Waals surface area contributed by atoms with Crippen LogP contribution in [0.15, 0.2) is 0 Å². The molecule has 0 spiro atoms. The summed E-state index contributed by atoms with van der Waals surface area (Å²) in [7, 11) is 0. The van der Waals surface area contributed by atoms with E-state index in [0.717, 1.165) is 36.5 Å². The Bertz CT molecular complexity index is 343. The van der Waals surface area contributed by atoms with Gasteiger partial charge in [-0.05, 0) is 37.7 Å². The van der Waals surface area contributed by atoms with Gasteiger partial charge in [0.15, 0.2) is 0 Å². The zero-order valence-corrected chi connectivity index (χ0v) is 11.1. The van der Waals surface area contributed by atoms with Crippen LogP contribution in [0.1, 0.15) is 42.1 Å². The normalized spacial score (nSPS) is 12.4. The Balaban J connectivity index is 2.52. The molecule has 1 aromatic rings. The number of hydrogen-bond donors (Lipinski definition) is 1. The second kappa shape index (κ2) is 6.81. The molecule has 0 aliphatic heterocycles. The first-order chi connectivity index (χ1) is 7.69. The number of nitrogens with zero attached hydrogens (tertiary/aromatic N) is 2. The van der Waals surface area contributed by atoms with Crippen molar-refractivity contribution >= 4 is 29.0 Å². The number of amides is 1. The molecule has 0 aliphatic carbocycles. The Labute approximate surface area is 105 Å². The summed E-state index contributed by atoms with van der Waals surface area (Å²) < 4.78 is 3.79. The van der Waals surface area contributed by atoms with Crippen LogP contribution in [0.25, 0.3) is 0 Å². The van der Waals surface area contributed by atoms with E-state index >= 15 is 0 Å². The molecule has 0 aliphatic rings. The highest BCUT2D eigenvalue weighted by molar-refractivity contribution is 7.08. The predicted molar refractivity (Wildman–Crippen MR) is 66.2 cm³/mol. The molecule has 0 saturated heterocycles. The monoisotopic (exact) mass is 261 g/mol. The van der Waals surface area contributed by atoms with E-state index in [2.05, 4.69) is 14.9 Å². The third kappa shape index (κ3) is 3.72. The first-order valence-electron chi connectivity index (χ1n) is 5.37. The summed E-state index contributed by atoms with van der Waals surface area (Å²) in [6.07, 6.45) is 2.53. The Morgan fingerprint density at radius 1 is 1.62 bits per heavy atom. The molecule has 0 fully saturated rings. The highest BCUT2D eigenvalue weighted by atomic mass is 35.5. The van der Waals surface area contributed by atoms with Crippen molar-refractivity contribution < 1.29 is 4.79 Å². The van der Waals surface area contributed by atoms with E-state index in [1.807, 2.05) is 13.8 Å². The minimum atomic E-state index is -0.0751. The molecule has 1 atom stereocenters. The summed E-state index contributed by atoms with van der Waals surface area (Å²) >= 11 is 6.75. The van der Waals surface area contributed by atoms with Gasteiger partial charge >= 0.3 is 0 Å². The molecule has 1 heterocycles. The van der Waals surface area contributed by atoms with Gasteiger partial charge in [-0.25, -0.2) is 0 Å². The highest BCUT2D eigenvalue weighted by Gasteiger charge is 2.16. The van der Waals surface area contributed by atoms with E-state index in [4.69, 9.17) is 11.6 Å². The van der Waals surface area contributed by atoms with Crippen LogP contribution in [0.5, 0.6) is 0 Å². The third-order valence-electron chi connectivity index (χ3n) is 2.25. The third-order valence-corrected chi connectivity index (χ3v) is 3.28. The number of carbonyl (C=O) groups is 1. The van der Waals surface area contributed by atoms with Gasteiger partial charge < -0.3 is 5.32 Å². The van der Waals surface area contributed by atoms with Crippen molar-refractivity contribution in [2.24, 2.45) is 0 Å². The fraction of sp³-hybridized carbons (Fsp3) is 0.700. The molecule has 16 heavy (non-hydrogen) atoms. The van der Waals surface area contributed by atoms with Crippen molar-refractivity contribution in [3.63, 3.8) is 0 Å². The van der Waals surface area contributed by atoms with Crippen LogP contribution in [0.4, 0.5) is 0 Å². The Morgan fingerprint density at radius 2 is 2.38 bits per heavy atom. The molecule has 1 amide bonds. The summed E-state index contributed by atoms with van der Waals surface area (Å²) in [5, 5.41) is 6.84. The van der Waals surface area contributed by atoms with Gasteiger partial charge in [0, 0.05) is 11.9 Å². The van der Waals surface area contributed by atoms with Crippen molar-refractivity contribution in [1.29, 1.82) is 0 Å². The highest BCUT2D eigenvalue weighted by Crippen LogP contribution is 2.11. The first kappa shape index (κ1) is 13.4. The number of alkyl halides is 1. The zero-order chi connectivity index (χ0) is 12.0. The van der Waals surface area contributed by atoms with Crippen LogP contribution in [0.2, 0.25) is 0 Å². The summed E-state index contributed by atoms with van der Waals surface area (Å²) in [4.78, 5) is 12.5. The summed E-state index contributed by atoms with van der Waals surface area (Å²) in [6.45, 7) is 3.94. The number of rotatable bonds is 6. The van der Waals surface area contributed by atoms with E-state index in [1.54, 1.807) is 0 Å². The molecule has 1 unspecified atom stereocenters. The minimum Gasteiger partial charge on any atom is -0.349 e. The molecule has 0 saturated carbocycles. The van der Waals surface area contributed by atoms with Crippen LogP contribution >= 0.6 is 23.1 Å². The maximum Gasteiger partial charge on any atom is 0.265 e. The average molecular weight is 262 g/mol. The fourth-order valence-electron chi connectivity index (χ4n) is 1.36. The number of carbonyl (C=O) groups excluding carboxylic acids is 1. The van der Waals surface area contributed by atoms with Crippen LogP contribution < -0.4 is 5.32 Å². The zero-order valence-electron chi connectivity index (χ0n) is 9.49. The second-order valence-corrected chi connectivity index (χ2v) is 4.74. The van der Waals surface area contributed by atoms with Gasteiger partial charge in [-0.1, -0.05) is 11.4 Å².